The molecule has 32 heavy (non-hydrogen) atoms. The molecule has 0 saturated carbocycles. The van der Waals surface area contributed by atoms with Gasteiger partial charge in [-0.3, -0.25) is 20.0 Å². The summed E-state index contributed by atoms with van der Waals surface area (Å²) in [5.41, 5.74) is 3.20. The molecule has 2 aromatic rings. The molecular weight excluding hydrogens is 404 g/mol. The van der Waals surface area contributed by atoms with Crippen LogP contribution in [0, 0.1) is 0 Å². The highest BCUT2D eigenvalue weighted by atomic mass is 16.2. The topological polar surface area (TPSA) is 71.5 Å². The van der Waals surface area contributed by atoms with Gasteiger partial charge in [0.2, 0.25) is 0 Å². The quantitative estimate of drug-likeness (QED) is 0.782. The largest absolute Gasteiger partial charge is 0.327 e. The van der Waals surface area contributed by atoms with Gasteiger partial charge in [-0.15, -0.1) is 0 Å². The van der Waals surface area contributed by atoms with Crippen LogP contribution in [0.1, 0.15) is 18.1 Å². The van der Waals surface area contributed by atoms with Crippen LogP contribution in [0.2, 0.25) is 0 Å². The highest BCUT2D eigenvalue weighted by Crippen LogP contribution is 2.31. The van der Waals surface area contributed by atoms with Crippen LogP contribution in [0.15, 0.2) is 65.8 Å². The summed E-state index contributed by atoms with van der Waals surface area (Å²) in [6, 6.07) is 19.4. The smallest absolute Gasteiger partial charge is 0.310 e. The molecule has 3 amide bonds. The number of carbonyl (C=O) groups excluding carboxylic acids is 2. The van der Waals surface area contributed by atoms with Gasteiger partial charge in [-0.25, -0.2) is 9.69 Å². The molecule has 1 N–H and O–H groups in total. The molecular formula is C24H28N6O2. The molecule has 0 spiro atoms. The minimum atomic E-state index is -0.442. The molecule has 0 aromatic heterocycles. The maximum Gasteiger partial charge on any atom is 0.327 e. The predicted molar refractivity (Wildman–Crippen MR) is 121 cm³/mol. The summed E-state index contributed by atoms with van der Waals surface area (Å²) in [4.78, 5) is 31.8. The summed E-state index contributed by atoms with van der Waals surface area (Å²) < 4.78 is 0. The lowest BCUT2D eigenvalue weighted by atomic mass is 10.1. The van der Waals surface area contributed by atoms with E-state index in [1.54, 1.807) is 11.9 Å². The molecule has 3 atom stereocenters. The fraction of sp³-hybridized carbons (Fsp3) is 0.375. The average molecular weight is 433 g/mol. The van der Waals surface area contributed by atoms with Gasteiger partial charge < -0.3 is 4.90 Å². The van der Waals surface area contributed by atoms with Gasteiger partial charge in [0.1, 0.15) is 12.2 Å². The number of urea groups is 1. The lowest BCUT2D eigenvalue weighted by Crippen LogP contribution is -2.66. The number of imide groups is 1. The SMILES string of the molecule is CC1=NN(Cc2ccccc2)C2NC3C(C(=O)N(CCc4ccccc4)C(=O)N3C)N2C1. The van der Waals surface area contributed by atoms with Crippen LogP contribution < -0.4 is 5.32 Å². The van der Waals surface area contributed by atoms with E-state index < -0.39 is 6.04 Å². The lowest BCUT2D eigenvalue weighted by Gasteiger charge is -2.42. The number of amides is 3. The van der Waals surface area contributed by atoms with Crippen molar-refractivity contribution in [2.75, 3.05) is 20.1 Å². The Kier molecular flexibility index (Phi) is 5.40. The predicted octanol–water partition coefficient (Wildman–Crippen LogP) is 1.90. The second-order valence-corrected chi connectivity index (χ2v) is 8.64. The summed E-state index contributed by atoms with van der Waals surface area (Å²) in [7, 11) is 1.77. The first-order valence-corrected chi connectivity index (χ1v) is 11.0. The zero-order chi connectivity index (χ0) is 22.2. The van der Waals surface area contributed by atoms with Crippen molar-refractivity contribution in [1.29, 1.82) is 0 Å². The van der Waals surface area contributed by atoms with E-state index >= 15 is 0 Å². The number of hydrogen-bond acceptors (Lipinski definition) is 6. The molecule has 0 aliphatic carbocycles. The zero-order valence-corrected chi connectivity index (χ0v) is 18.4. The van der Waals surface area contributed by atoms with Gasteiger partial charge >= 0.3 is 6.03 Å². The molecule has 3 heterocycles. The second kappa shape index (κ2) is 8.37. The molecule has 2 fully saturated rings. The van der Waals surface area contributed by atoms with Crippen molar-refractivity contribution in [2.24, 2.45) is 5.10 Å². The Morgan fingerprint density at radius 1 is 1.00 bits per heavy atom. The fourth-order valence-electron chi connectivity index (χ4n) is 4.83. The highest BCUT2D eigenvalue weighted by Gasteiger charge is 2.56. The van der Waals surface area contributed by atoms with E-state index in [0.29, 0.717) is 26.1 Å². The van der Waals surface area contributed by atoms with E-state index in [1.165, 1.54) is 4.90 Å². The van der Waals surface area contributed by atoms with Gasteiger partial charge in [-0.2, -0.15) is 5.10 Å². The molecule has 3 aliphatic heterocycles. The zero-order valence-electron chi connectivity index (χ0n) is 18.4. The number of benzene rings is 2. The third-order valence-corrected chi connectivity index (χ3v) is 6.41. The van der Waals surface area contributed by atoms with Crippen LogP contribution >= 0.6 is 0 Å². The molecule has 0 radical (unpaired) electrons. The van der Waals surface area contributed by atoms with Crippen LogP contribution in [0.3, 0.4) is 0 Å². The van der Waals surface area contributed by atoms with E-state index in [2.05, 4.69) is 22.3 Å². The fourth-order valence-corrected chi connectivity index (χ4v) is 4.83. The number of rotatable bonds is 5. The molecule has 2 aromatic carbocycles. The van der Waals surface area contributed by atoms with E-state index in [0.717, 1.165) is 16.8 Å². The molecule has 8 nitrogen and oxygen atoms in total. The van der Waals surface area contributed by atoms with Crippen LogP contribution in [0.25, 0.3) is 0 Å². The maximum atomic E-state index is 13.5. The van der Waals surface area contributed by atoms with Crippen molar-refractivity contribution in [3.63, 3.8) is 0 Å². The Hall–Kier alpha value is -3.23. The lowest BCUT2D eigenvalue weighted by molar-refractivity contribution is -0.138. The average Bonchev–Trinajstić information content (AvgIpc) is 3.19. The van der Waals surface area contributed by atoms with Gasteiger partial charge in [0.05, 0.1) is 6.54 Å². The molecule has 8 heteroatoms. The van der Waals surface area contributed by atoms with Crippen molar-refractivity contribution < 1.29 is 9.59 Å². The molecule has 166 valence electrons. The van der Waals surface area contributed by atoms with Crippen LogP contribution in [0.5, 0.6) is 0 Å². The van der Waals surface area contributed by atoms with Gasteiger partial charge in [0.25, 0.3) is 5.91 Å². The van der Waals surface area contributed by atoms with Crippen LogP contribution in [-0.4, -0.2) is 76.0 Å². The van der Waals surface area contributed by atoms with Crippen molar-refractivity contribution in [1.82, 2.24) is 25.0 Å². The Balaban J connectivity index is 1.38. The Bertz CT molecular complexity index is 1030. The molecule has 3 aliphatic rings. The van der Waals surface area contributed by atoms with Crippen LogP contribution in [-0.2, 0) is 17.8 Å². The third kappa shape index (κ3) is 3.65. The van der Waals surface area contributed by atoms with E-state index in [9.17, 15) is 9.59 Å². The Labute approximate surface area is 188 Å². The first kappa shape index (κ1) is 20.7. The van der Waals surface area contributed by atoms with Crippen molar-refractivity contribution in [3.05, 3.63) is 71.8 Å². The number of hydrogen-bond donors (Lipinski definition) is 1. The molecule has 0 bridgehead atoms. The number of likely N-dealkylation sites (N-methyl/N-ethyl adjacent to an activating group) is 1. The van der Waals surface area contributed by atoms with Gasteiger partial charge in [0, 0.05) is 25.8 Å². The van der Waals surface area contributed by atoms with Gasteiger partial charge in [-0.05, 0) is 24.5 Å². The first-order valence-electron chi connectivity index (χ1n) is 11.0. The molecule has 2 saturated heterocycles. The first-order chi connectivity index (χ1) is 15.5. The van der Waals surface area contributed by atoms with Crippen molar-refractivity contribution >= 4 is 17.6 Å². The molecule has 3 unspecified atom stereocenters. The van der Waals surface area contributed by atoms with E-state index in [-0.39, 0.29) is 24.4 Å². The summed E-state index contributed by atoms with van der Waals surface area (Å²) in [6.45, 7) is 3.56. The van der Waals surface area contributed by atoms with Crippen molar-refractivity contribution in [2.45, 2.75) is 38.4 Å². The third-order valence-electron chi connectivity index (χ3n) is 6.41. The maximum absolute atomic E-state index is 13.5. The number of fused-ring (bicyclic) bond motifs is 3. The van der Waals surface area contributed by atoms with Crippen molar-refractivity contribution in [3.8, 4) is 0 Å². The Morgan fingerprint density at radius 2 is 1.66 bits per heavy atom. The number of carbonyl (C=O) groups is 2. The number of nitrogens with one attached hydrogen (secondary N) is 1. The molecule has 5 rings (SSSR count). The van der Waals surface area contributed by atoms with Gasteiger partial charge in [0.15, 0.2) is 6.29 Å². The second-order valence-electron chi connectivity index (χ2n) is 8.64. The Morgan fingerprint density at radius 3 is 2.34 bits per heavy atom. The van der Waals surface area contributed by atoms with Crippen LogP contribution in [0.4, 0.5) is 4.79 Å². The summed E-state index contributed by atoms with van der Waals surface area (Å²) in [5, 5.41) is 10.2. The monoisotopic (exact) mass is 432 g/mol. The standard InChI is InChI=1S/C24H28N6O2/c1-17-15-29-20-21(25-23(29)30(26-17)16-19-11-7-4-8-12-19)27(2)24(32)28(22(20)31)14-13-18-9-5-3-6-10-18/h3-12,20-21,23,25H,13-16H2,1-2H3. The van der Waals surface area contributed by atoms with Gasteiger partial charge in [-0.1, -0.05) is 60.7 Å². The summed E-state index contributed by atoms with van der Waals surface area (Å²) in [5.74, 6) is -0.140. The summed E-state index contributed by atoms with van der Waals surface area (Å²) in [6.07, 6.45) is 0.00984. The van der Waals surface area contributed by atoms with E-state index in [4.69, 9.17) is 5.10 Å². The number of nitrogens with zero attached hydrogens (tertiary/aromatic N) is 5. The minimum Gasteiger partial charge on any atom is -0.310 e. The minimum absolute atomic E-state index is 0.140. The van der Waals surface area contributed by atoms with E-state index in [1.807, 2.05) is 60.5 Å². The normalized spacial score (nSPS) is 25.6. The number of hydrazone groups is 1. The highest BCUT2D eigenvalue weighted by molar-refractivity contribution is 6.01. The summed E-state index contributed by atoms with van der Waals surface area (Å²) >= 11 is 0.